The summed E-state index contributed by atoms with van der Waals surface area (Å²) in [5.74, 6) is 1.70. The van der Waals surface area contributed by atoms with E-state index < -0.39 is 0 Å². The number of nitrogens with zero attached hydrogens (tertiary/aromatic N) is 3. The first-order chi connectivity index (χ1) is 16.7. The molecule has 3 aromatic rings. The largest absolute Gasteiger partial charge is 0.378 e. The zero-order valence-electron chi connectivity index (χ0n) is 19.4. The van der Waals surface area contributed by atoms with Crippen molar-refractivity contribution in [3.05, 3.63) is 70.0 Å². The molecule has 1 fully saturated rings. The van der Waals surface area contributed by atoms with Gasteiger partial charge in [0.05, 0.1) is 42.3 Å². The molecule has 2 aromatic heterocycles. The van der Waals surface area contributed by atoms with Crippen LogP contribution in [0.5, 0.6) is 0 Å². The molecule has 0 radical (unpaired) electrons. The Morgan fingerprint density at radius 2 is 2.06 bits per heavy atom. The molecule has 0 spiro atoms. The van der Waals surface area contributed by atoms with E-state index in [1.54, 1.807) is 11.3 Å². The fourth-order valence-electron chi connectivity index (χ4n) is 4.03. The summed E-state index contributed by atoms with van der Waals surface area (Å²) in [5.41, 5.74) is 17.2. The van der Waals surface area contributed by atoms with Crippen molar-refractivity contribution in [3.8, 4) is 11.4 Å². The van der Waals surface area contributed by atoms with Crippen molar-refractivity contribution in [2.75, 3.05) is 50.3 Å². The summed E-state index contributed by atoms with van der Waals surface area (Å²) in [5, 5.41) is 0. The van der Waals surface area contributed by atoms with Gasteiger partial charge in [0.25, 0.3) is 0 Å². The molecule has 1 saturated heterocycles. The predicted molar refractivity (Wildman–Crippen MR) is 137 cm³/mol. The molecule has 0 bridgehead atoms. The smallest absolute Gasteiger partial charge is 0.162 e. The summed E-state index contributed by atoms with van der Waals surface area (Å²) in [6, 6.07) is 8.27. The number of nitrogens with one attached hydrogen (secondary N) is 2. The summed E-state index contributed by atoms with van der Waals surface area (Å²) in [7, 11) is 1.86. The van der Waals surface area contributed by atoms with Crippen molar-refractivity contribution in [1.82, 2.24) is 15.4 Å². The van der Waals surface area contributed by atoms with Crippen molar-refractivity contribution in [2.24, 2.45) is 0 Å². The van der Waals surface area contributed by atoms with E-state index in [-0.39, 0.29) is 0 Å². The third-order valence-corrected chi connectivity index (χ3v) is 6.88. The molecule has 2 aliphatic rings. The van der Waals surface area contributed by atoms with E-state index in [2.05, 4.69) is 46.3 Å². The average molecular weight is 474 g/mol. The van der Waals surface area contributed by atoms with Crippen LogP contribution in [-0.2, 0) is 16.1 Å². The minimum Gasteiger partial charge on any atom is -0.378 e. The van der Waals surface area contributed by atoms with Crippen LogP contribution in [-0.4, -0.2) is 49.9 Å². The quantitative estimate of drug-likeness (QED) is 0.372. The van der Waals surface area contributed by atoms with Crippen molar-refractivity contribution >= 4 is 33.1 Å². The highest BCUT2D eigenvalue weighted by molar-refractivity contribution is 7.19. The Bertz CT molecular complexity index is 1330. The number of allylic oxidation sites excluding steroid dienone is 2. The first kappa shape index (κ1) is 22.6. The molecule has 3 heterocycles. The van der Waals surface area contributed by atoms with E-state index in [0.717, 1.165) is 62.2 Å². The molecule has 0 amide bonds. The van der Waals surface area contributed by atoms with Crippen molar-refractivity contribution in [3.63, 3.8) is 0 Å². The van der Waals surface area contributed by atoms with Crippen molar-refractivity contribution < 1.29 is 9.47 Å². The predicted octanol–water partition coefficient (Wildman–Crippen LogP) is 4.37. The second-order valence-corrected chi connectivity index (χ2v) is 9.22. The van der Waals surface area contributed by atoms with E-state index in [1.165, 1.54) is 0 Å². The molecule has 0 unspecified atom stereocenters. The van der Waals surface area contributed by atoms with Gasteiger partial charge in [0.2, 0.25) is 0 Å². The van der Waals surface area contributed by atoms with Crippen LogP contribution < -0.4 is 15.8 Å². The highest BCUT2D eigenvalue weighted by Crippen LogP contribution is 2.36. The normalized spacial score (nSPS) is 15.2. The summed E-state index contributed by atoms with van der Waals surface area (Å²) >= 11 is 1.70. The first-order valence-corrected chi connectivity index (χ1v) is 12.1. The number of rotatable bonds is 8. The average Bonchev–Trinajstić information content (AvgIpc) is 3.29. The Hall–Kier alpha value is -3.22. The molecule has 1 aromatic carbocycles. The number of thiophene rings is 1. The van der Waals surface area contributed by atoms with Crippen LogP contribution in [0.4, 0.5) is 11.5 Å². The highest BCUT2D eigenvalue weighted by Gasteiger charge is 2.21. The van der Waals surface area contributed by atoms with Crippen LogP contribution >= 0.6 is 11.3 Å². The van der Waals surface area contributed by atoms with Gasteiger partial charge in [-0.3, -0.25) is 0 Å². The number of hydrogen-bond acceptors (Lipinski definition) is 8. The number of hydrogen-bond donors (Lipinski definition) is 2. The Morgan fingerprint density at radius 1 is 1.18 bits per heavy atom. The van der Waals surface area contributed by atoms with Gasteiger partial charge >= 0.3 is 0 Å². The maximum absolute atomic E-state index is 5.98. The van der Waals surface area contributed by atoms with E-state index in [1.807, 2.05) is 37.4 Å². The first-order valence-electron chi connectivity index (χ1n) is 11.3. The standard InChI is InChI=1S/C26H27N5O2S/c1-18-21(9-6-10-22(18)30-27-2)25-28-23-15-20(17-33-16-19-7-4-3-5-8-19)34-24(23)26(29-25)31-11-13-32-14-12-31/h4,6-10,15,27,30H,11-14,16-17H2,1-2H3. The van der Waals surface area contributed by atoms with Gasteiger partial charge in [0.15, 0.2) is 11.6 Å². The second-order valence-electron chi connectivity index (χ2n) is 8.08. The molecular formula is C26H27N5O2S. The third-order valence-electron chi connectivity index (χ3n) is 5.78. The van der Waals surface area contributed by atoms with Gasteiger partial charge in [0.1, 0.15) is 0 Å². The van der Waals surface area contributed by atoms with Gasteiger partial charge in [-0.15, -0.1) is 11.3 Å². The van der Waals surface area contributed by atoms with E-state index in [0.29, 0.717) is 26.4 Å². The Balaban J connectivity index is 1.49. The molecule has 2 N–H and O–H groups in total. The summed E-state index contributed by atoms with van der Waals surface area (Å²) in [6.07, 6.45) is 5.75. The lowest BCUT2D eigenvalue weighted by atomic mass is 10.1. The van der Waals surface area contributed by atoms with Crippen LogP contribution in [0.3, 0.4) is 0 Å². The lowest BCUT2D eigenvalue weighted by Crippen LogP contribution is -2.36. The van der Waals surface area contributed by atoms with Crippen LogP contribution in [0, 0.1) is 6.92 Å². The molecule has 0 saturated carbocycles. The fourth-order valence-corrected chi connectivity index (χ4v) is 5.08. The molecular weight excluding hydrogens is 446 g/mol. The lowest BCUT2D eigenvalue weighted by Gasteiger charge is -2.28. The molecule has 0 atom stereocenters. The molecule has 1 aliphatic heterocycles. The monoisotopic (exact) mass is 473 g/mol. The van der Waals surface area contributed by atoms with Gasteiger partial charge in [-0.05, 0) is 48.4 Å². The molecule has 7 nitrogen and oxygen atoms in total. The Labute approximate surface area is 203 Å². The number of benzene rings is 1. The SMILES string of the molecule is CNNc1cccc(-c2nc(N3CCOCC3)c3sc(COCC4=CC=C=C=C4)cc3n2)c1C. The van der Waals surface area contributed by atoms with Gasteiger partial charge in [-0.1, -0.05) is 23.6 Å². The number of fused-ring (bicyclic) bond motifs is 1. The highest BCUT2D eigenvalue weighted by atomic mass is 32.1. The van der Waals surface area contributed by atoms with E-state index in [9.17, 15) is 0 Å². The number of aromatic nitrogens is 2. The molecule has 1 aliphatic carbocycles. The number of ether oxygens (including phenoxy) is 2. The van der Waals surface area contributed by atoms with Crippen molar-refractivity contribution in [1.29, 1.82) is 0 Å². The minimum atomic E-state index is 0.526. The zero-order chi connectivity index (χ0) is 23.3. The van der Waals surface area contributed by atoms with Gasteiger partial charge < -0.3 is 19.8 Å². The maximum Gasteiger partial charge on any atom is 0.162 e. The van der Waals surface area contributed by atoms with Crippen LogP contribution in [0.1, 0.15) is 10.4 Å². The molecule has 5 rings (SSSR count). The van der Waals surface area contributed by atoms with E-state index in [4.69, 9.17) is 19.4 Å². The van der Waals surface area contributed by atoms with E-state index >= 15 is 0 Å². The van der Waals surface area contributed by atoms with Crippen LogP contribution in [0.25, 0.3) is 21.6 Å². The summed E-state index contributed by atoms with van der Waals surface area (Å²) in [6.45, 7) is 6.19. The van der Waals surface area contributed by atoms with Crippen molar-refractivity contribution in [2.45, 2.75) is 13.5 Å². The van der Waals surface area contributed by atoms with Crippen LogP contribution in [0.2, 0.25) is 0 Å². The summed E-state index contributed by atoms with van der Waals surface area (Å²) in [4.78, 5) is 13.5. The third kappa shape index (κ3) is 4.83. The number of morpholine rings is 1. The Kier molecular flexibility index (Phi) is 6.88. The summed E-state index contributed by atoms with van der Waals surface area (Å²) < 4.78 is 12.7. The maximum atomic E-state index is 5.98. The second kappa shape index (κ2) is 10.4. The number of anilines is 2. The minimum absolute atomic E-state index is 0.526. The van der Waals surface area contributed by atoms with Gasteiger partial charge in [0, 0.05) is 30.6 Å². The van der Waals surface area contributed by atoms with Gasteiger partial charge in [-0.2, -0.15) is 0 Å². The number of hydrazine groups is 1. The Morgan fingerprint density at radius 3 is 2.85 bits per heavy atom. The fraction of sp³-hybridized carbons (Fsp3) is 0.308. The zero-order valence-corrected chi connectivity index (χ0v) is 20.2. The molecule has 174 valence electrons. The topological polar surface area (TPSA) is 71.5 Å². The molecule has 34 heavy (non-hydrogen) atoms. The van der Waals surface area contributed by atoms with Crippen LogP contribution in [0.15, 0.2) is 59.5 Å². The van der Waals surface area contributed by atoms with Gasteiger partial charge in [-0.25, -0.2) is 15.4 Å². The molecule has 8 heteroatoms. The lowest BCUT2D eigenvalue weighted by molar-refractivity contribution is 0.122.